The number of anilines is 1. The summed E-state index contributed by atoms with van der Waals surface area (Å²) in [6, 6.07) is 0. The molecule has 0 amide bonds. The van der Waals surface area contributed by atoms with Gasteiger partial charge in [0.05, 0.1) is 17.6 Å². The number of hydrogen-bond donors (Lipinski definition) is 1. The van der Waals surface area contributed by atoms with Gasteiger partial charge in [-0.3, -0.25) is 9.36 Å². The summed E-state index contributed by atoms with van der Waals surface area (Å²) < 4.78 is 3.91. The Bertz CT molecular complexity index is 550. The second kappa shape index (κ2) is 5.47. The van der Waals surface area contributed by atoms with Gasteiger partial charge in [0.1, 0.15) is 0 Å². The zero-order valence-electron chi connectivity index (χ0n) is 12.4. The van der Waals surface area contributed by atoms with Crippen molar-refractivity contribution in [1.82, 2.24) is 19.6 Å². The Morgan fingerprint density at radius 1 is 1.32 bits per heavy atom. The molecule has 0 aliphatic rings. The first-order valence-corrected chi connectivity index (χ1v) is 6.72. The number of hydrogen-bond acceptors (Lipinski definition) is 3. The SMILES string of the molecule is Cc1nn(CC(C)C)cc1NCc1cnn(C)c1C. The topological polar surface area (TPSA) is 47.7 Å². The molecule has 0 aliphatic heterocycles. The molecule has 0 unspecified atom stereocenters. The quantitative estimate of drug-likeness (QED) is 0.899. The van der Waals surface area contributed by atoms with E-state index in [1.165, 1.54) is 11.3 Å². The maximum absolute atomic E-state index is 4.52. The molecule has 0 radical (unpaired) electrons. The van der Waals surface area contributed by atoms with Gasteiger partial charge in [-0.15, -0.1) is 0 Å². The molecule has 0 atom stereocenters. The molecule has 0 fully saturated rings. The van der Waals surface area contributed by atoms with Gasteiger partial charge in [0.15, 0.2) is 0 Å². The molecule has 0 aromatic carbocycles. The van der Waals surface area contributed by atoms with E-state index in [0.717, 1.165) is 24.5 Å². The summed E-state index contributed by atoms with van der Waals surface area (Å²) in [5.74, 6) is 0.604. The Hall–Kier alpha value is -1.78. The van der Waals surface area contributed by atoms with Crippen LogP contribution in [0.5, 0.6) is 0 Å². The molecule has 0 aliphatic carbocycles. The molecular weight excluding hydrogens is 238 g/mol. The Balaban J connectivity index is 2.03. The van der Waals surface area contributed by atoms with Crippen LogP contribution in [-0.4, -0.2) is 19.6 Å². The van der Waals surface area contributed by atoms with Gasteiger partial charge in [0.25, 0.3) is 0 Å². The lowest BCUT2D eigenvalue weighted by Crippen LogP contribution is -2.04. The summed E-state index contributed by atoms with van der Waals surface area (Å²) in [6.07, 6.45) is 4.00. The average molecular weight is 261 g/mol. The minimum Gasteiger partial charge on any atom is -0.378 e. The number of nitrogens with zero attached hydrogens (tertiary/aromatic N) is 4. The summed E-state index contributed by atoms with van der Waals surface area (Å²) in [7, 11) is 1.96. The molecule has 0 bridgehead atoms. The van der Waals surface area contributed by atoms with Crippen LogP contribution in [0.15, 0.2) is 12.4 Å². The molecular formula is C14H23N5. The molecule has 1 N–H and O–H groups in total. The Kier molecular flexibility index (Phi) is 3.93. The molecule has 2 aromatic heterocycles. The zero-order valence-corrected chi connectivity index (χ0v) is 12.4. The lowest BCUT2D eigenvalue weighted by Gasteiger charge is -2.05. The number of rotatable bonds is 5. The van der Waals surface area contributed by atoms with Gasteiger partial charge >= 0.3 is 0 Å². The summed E-state index contributed by atoms with van der Waals surface area (Å²) in [5.41, 5.74) is 4.56. The summed E-state index contributed by atoms with van der Waals surface area (Å²) in [4.78, 5) is 0. The molecule has 5 nitrogen and oxygen atoms in total. The van der Waals surface area contributed by atoms with Crippen LogP contribution in [0.1, 0.15) is 30.8 Å². The van der Waals surface area contributed by atoms with Crippen molar-refractivity contribution in [1.29, 1.82) is 0 Å². The lowest BCUT2D eigenvalue weighted by atomic mass is 10.2. The van der Waals surface area contributed by atoms with E-state index >= 15 is 0 Å². The Morgan fingerprint density at radius 2 is 2.05 bits per heavy atom. The Morgan fingerprint density at radius 3 is 2.63 bits per heavy atom. The molecule has 2 heterocycles. The first kappa shape index (κ1) is 13.6. The normalized spacial score (nSPS) is 11.3. The second-order valence-electron chi connectivity index (χ2n) is 5.48. The van der Waals surface area contributed by atoms with Crippen LogP contribution in [-0.2, 0) is 20.1 Å². The highest BCUT2D eigenvalue weighted by Gasteiger charge is 2.08. The van der Waals surface area contributed by atoms with E-state index in [4.69, 9.17) is 0 Å². The second-order valence-corrected chi connectivity index (χ2v) is 5.48. The molecule has 2 rings (SSSR count). The predicted molar refractivity (Wildman–Crippen MR) is 77.1 cm³/mol. The van der Waals surface area contributed by atoms with Crippen LogP contribution in [0.4, 0.5) is 5.69 Å². The highest BCUT2D eigenvalue weighted by Crippen LogP contribution is 2.16. The Labute approximate surface area is 114 Å². The van der Waals surface area contributed by atoms with Gasteiger partial charge in [0.2, 0.25) is 0 Å². The molecule has 2 aromatic rings. The smallest absolute Gasteiger partial charge is 0.0825 e. The van der Waals surface area contributed by atoms with Crippen LogP contribution in [0, 0.1) is 19.8 Å². The predicted octanol–water partition coefficient (Wildman–Crippen LogP) is 2.50. The van der Waals surface area contributed by atoms with Crippen molar-refractivity contribution in [3.63, 3.8) is 0 Å². The molecule has 5 heteroatoms. The minimum atomic E-state index is 0.604. The van der Waals surface area contributed by atoms with Gasteiger partial charge in [-0.25, -0.2) is 0 Å². The van der Waals surface area contributed by atoms with Gasteiger partial charge < -0.3 is 5.32 Å². The highest BCUT2D eigenvalue weighted by atomic mass is 15.3. The third-order valence-electron chi connectivity index (χ3n) is 3.30. The fourth-order valence-corrected chi connectivity index (χ4v) is 2.07. The van der Waals surface area contributed by atoms with Crippen molar-refractivity contribution in [2.45, 2.75) is 40.8 Å². The van der Waals surface area contributed by atoms with Crippen LogP contribution in [0.25, 0.3) is 0 Å². The molecule has 19 heavy (non-hydrogen) atoms. The third kappa shape index (κ3) is 3.16. The molecule has 0 spiro atoms. The van der Waals surface area contributed by atoms with Crippen LogP contribution < -0.4 is 5.32 Å². The van der Waals surface area contributed by atoms with Gasteiger partial charge in [-0.05, 0) is 19.8 Å². The monoisotopic (exact) mass is 261 g/mol. The summed E-state index contributed by atoms with van der Waals surface area (Å²) in [6.45, 7) is 10.3. The van der Waals surface area contributed by atoms with Crippen molar-refractivity contribution in [2.24, 2.45) is 13.0 Å². The first-order valence-electron chi connectivity index (χ1n) is 6.72. The standard InChI is InChI=1S/C14H23N5/c1-10(2)8-19-9-14(11(3)17-19)15-6-13-7-16-18(5)12(13)4/h7,9-10,15H,6,8H2,1-5H3. The molecule has 0 saturated heterocycles. The van der Waals surface area contributed by atoms with Gasteiger partial charge in [-0.1, -0.05) is 13.8 Å². The van der Waals surface area contributed by atoms with Gasteiger partial charge in [0, 0.05) is 37.6 Å². The zero-order chi connectivity index (χ0) is 14.0. The lowest BCUT2D eigenvalue weighted by molar-refractivity contribution is 0.481. The fraction of sp³-hybridized carbons (Fsp3) is 0.571. The van der Waals surface area contributed by atoms with Crippen molar-refractivity contribution in [3.8, 4) is 0 Å². The summed E-state index contributed by atoms with van der Waals surface area (Å²) >= 11 is 0. The highest BCUT2D eigenvalue weighted by molar-refractivity contribution is 5.46. The average Bonchev–Trinajstić information content (AvgIpc) is 2.82. The number of nitrogens with one attached hydrogen (secondary N) is 1. The van der Waals surface area contributed by atoms with Crippen molar-refractivity contribution in [2.75, 3.05) is 5.32 Å². The maximum Gasteiger partial charge on any atom is 0.0825 e. The van der Waals surface area contributed by atoms with Crippen LogP contribution in [0.3, 0.4) is 0 Å². The fourth-order valence-electron chi connectivity index (χ4n) is 2.07. The van der Waals surface area contributed by atoms with Crippen molar-refractivity contribution >= 4 is 5.69 Å². The van der Waals surface area contributed by atoms with E-state index in [2.05, 4.69) is 42.5 Å². The van der Waals surface area contributed by atoms with Crippen molar-refractivity contribution < 1.29 is 0 Å². The van der Waals surface area contributed by atoms with E-state index < -0.39 is 0 Å². The van der Waals surface area contributed by atoms with E-state index in [1.54, 1.807) is 0 Å². The minimum absolute atomic E-state index is 0.604. The summed E-state index contributed by atoms with van der Waals surface area (Å²) in [5, 5.41) is 12.2. The van der Waals surface area contributed by atoms with E-state index in [1.807, 2.05) is 29.5 Å². The number of aryl methyl sites for hydroxylation is 2. The van der Waals surface area contributed by atoms with E-state index in [0.29, 0.717) is 5.92 Å². The van der Waals surface area contributed by atoms with E-state index in [-0.39, 0.29) is 0 Å². The maximum atomic E-state index is 4.52. The third-order valence-corrected chi connectivity index (χ3v) is 3.30. The largest absolute Gasteiger partial charge is 0.378 e. The van der Waals surface area contributed by atoms with Crippen molar-refractivity contribution in [3.05, 3.63) is 29.3 Å². The first-order chi connectivity index (χ1) is 8.97. The molecule has 0 saturated carbocycles. The van der Waals surface area contributed by atoms with Crippen LogP contribution in [0.2, 0.25) is 0 Å². The van der Waals surface area contributed by atoms with Gasteiger partial charge in [-0.2, -0.15) is 10.2 Å². The van der Waals surface area contributed by atoms with Crippen LogP contribution >= 0.6 is 0 Å². The molecule has 104 valence electrons. The van der Waals surface area contributed by atoms with E-state index in [9.17, 15) is 0 Å². The number of aromatic nitrogens is 4.